The van der Waals surface area contributed by atoms with Gasteiger partial charge in [0.2, 0.25) is 5.03 Å². The predicted octanol–water partition coefficient (Wildman–Crippen LogP) is 2.87. The van der Waals surface area contributed by atoms with Crippen LogP contribution in [0, 0.1) is 5.92 Å². The van der Waals surface area contributed by atoms with Crippen molar-refractivity contribution in [3.05, 3.63) is 41.0 Å². The Kier molecular flexibility index (Phi) is 8.59. The maximum atomic E-state index is 13.7. The van der Waals surface area contributed by atoms with Gasteiger partial charge in [-0.15, -0.1) is 0 Å². The van der Waals surface area contributed by atoms with Crippen molar-refractivity contribution in [3.8, 4) is 0 Å². The molecule has 0 unspecified atom stereocenters. The lowest BCUT2D eigenvalue weighted by Crippen LogP contribution is -2.50. The molecule has 0 spiro atoms. The highest BCUT2D eigenvalue weighted by molar-refractivity contribution is 7.89. The summed E-state index contributed by atoms with van der Waals surface area (Å²) < 4.78 is 30.5. The first kappa shape index (κ1) is 26.9. The van der Waals surface area contributed by atoms with Crippen LogP contribution in [0.4, 0.5) is 5.69 Å². The van der Waals surface area contributed by atoms with Crippen LogP contribution in [0.1, 0.15) is 37.6 Å². The van der Waals surface area contributed by atoms with E-state index in [2.05, 4.69) is 28.7 Å². The van der Waals surface area contributed by atoms with Gasteiger partial charge in [0.05, 0.1) is 5.56 Å². The molecule has 0 aliphatic carbocycles. The van der Waals surface area contributed by atoms with Crippen LogP contribution in [0.25, 0.3) is 0 Å². The molecule has 0 bridgehead atoms. The molecule has 0 saturated carbocycles. The highest BCUT2D eigenvalue weighted by atomic mass is 35.5. The van der Waals surface area contributed by atoms with Crippen molar-refractivity contribution in [2.75, 3.05) is 63.8 Å². The number of carbonyl (C=O) groups excluding carboxylic acids is 1. The number of halogens is 1. The lowest BCUT2D eigenvalue weighted by atomic mass is 10.2. The summed E-state index contributed by atoms with van der Waals surface area (Å²) in [5, 5.41) is 4.93. The van der Waals surface area contributed by atoms with Crippen LogP contribution >= 0.6 is 11.6 Å². The second-order valence-electron chi connectivity index (χ2n) is 9.97. The number of benzene rings is 1. The minimum Gasteiger partial charge on any atom is -0.369 e. The second kappa shape index (κ2) is 11.5. The molecule has 1 aromatic heterocycles. The molecule has 36 heavy (non-hydrogen) atoms. The minimum atomic E-state index is -3.92. The second-order valence-corrected chi connectivity index (χ2v) is 12.3. The van der Waals surface area contributed by atoms with Crippen LogP contribution in [-0.4, -0.2) is 97.1 Å². The van der Waals surface area contributed by atoms with Gasteiger partial charge >= 0.3 is 0 Å². The number of sulfonamides is 1. The number of anilines is 1. The molecule has 1 amide bonds. The fourth-order valence-corrected chi connectivity index (χ4v) is 6.59. The molecule has 0 radical (unpaired) electrons. The Bertz CT molecular complexity index is 1150. The Morgan fingerprint density at radius 2 is 1.75 bits per heavy atom. The van der Waals surface area contributed by atoms with Crippen LogP contribution in [0.2, 0.25) is 5.02 Å². The smallest absolute Gasteiger partial charge is 0.263 e. The van der Waals surface area contributed by atoms with Crippen LogP contribution in [-0.2, 0) is 16.6 Å². The van der Waals surface area contributed by atoms with E-state index in [1.54, 1.807) is 15.8 Å². The fraction of sp³-hybridized carbons (Fsp3) is 0.600. The lowest BCUT2D eigenvalue weighted by molar-refractivity contribution is 0.0620. The van der Waals surface area contributed by atoms with E-state index in [1.165, 1.54) is 4.31 Å². The van der Waals surface area contributed by atoms with Crippen molar-refractivity contribution in [2.45, 2.75) is 38.8 Å². The van der Waals surface area contributed by atoms with Crippen LogP contribution in [0.5, 0.6) is 0 Å². The van der Waals surface area contributed by atoms with Crippen molar-refractivity contribution in [1.29, 1.82) is 0 Å². The summed E-state index contributed by atoms with van der Waals surface area (Å²) in [7, 11) is -3.92. The maximum absolute atomic E-state index is 13.7. The first-order chi connectivity index (χ1) is 17.2. The Morgan fingerprint density at radius 1 is 1.06 bits per heavy atom. The van der Waals surface area contributed by atoms with E-state index in [0.717, 1.165) is 31.7 Å². The molecule has 9 nitrogen and oxygen atoms in total. The fourth-order valence-electron chi connectivity index (χ4n) is 4.89. The molecular formula is C25H37ClN6O3S. The Morgan fingerprint density at radius 3 is 2.36 bits per heavy atom. The summed E-state index contributed by atoms with van der Waals surface area (Å²) in [5.41, 5.74) is 1.15. The van der Waals surface area contributed by atoms with E-state index < -0.39 is 10.0 Å². The molecule has 0 atom stereocenters. The summed E-state index contributed by atoms with van der Waals surface area (Å²) in [6, 6.07) is 7.57. The number of aryl methyl sites for hydroxylation is 1. The normalized spacial score (nSPS) is 18.2. The Balaban J connectivity index is 1.50. The van der Waals surface area contributed by atoms with Crippen molar-refractivity contribution < 1.29 is 13.2 Å². The number of hydrogen-bond acceptors (Lipinski definition) is 6. The molecule has 1 aromatic carbocycles. The average Bonchev–Trinajstić information content (AvgIpc) is 3.29. The minimum absolute atomic E-state index is 0.123. The molecule has 4 rings (SSSR count). The standard InChI is InChI=1S/C25H37ClN6O3S/c1-4-8-31-19-23(25(33)30-11-9-28(10-12-30)18-20(2)3)24(27-31)36(34,35)32-15-13-29(14-16-32)22-7-5-6-21(26)17-22/h5-7,17,19-20H,4,8-16,18H2,1-3H3. The summed E-state index contributed by atoms with van der Waals surface area (Å²) in [6.45, 7) is 12.4. The van der Waals surface area contributed by atoms with E-state index >= 15 is 0 Å². The van der Waals surface area contributed by atoms with Crippen LogP contribution in [0.15, 0.2) is 35.5 Å². The number of nitrogens with zero attached hydrogens (tertiary/aromatic N) is 6. The van der Waals surface area contributed by atoms with Gasteiger partial charge in [-0.3, -0.25) is 14.4 Å². The molecule has 11 heteroatoms. The molecule has 3 heterocycles. The number of amides is 1. The van der Waals surface area contributed by atoms with E-state index in [-0.39, 0.29) is 16.5 Å². The van der Waals surface area contributed by atoms with Gasteiger partial charge in [0.25, 0.3) is 15.9 Å². The van der Waals surface area contributed by atoms with Gasteiger partial charge in [0, 0.05) is 82.4 Å². The van der Waals surface area contributed by atoms with E-state index in [1.807, 2.05) is 31.2 Å². The van der Waals surface area contributed by atoms with Gasteiger partial charge in [-0.25, -0.2) is 8.42 Å². The summed E-state index contributed by atoms with van der Waals surface area (Å²) in [6.07, 6.45) is 2.41. The van der Waals surface area contributed by atoms with Crippen LogP contribution in [0.3, 0.4) is 0 Å². The first-order valence-corrected chi connectivity index (χ1v) is 14.6. The molecular weight excluding hydrogens is 500 g/mol. The largest absolute Gasteiger partial charge is 0.369 e. The van der Waals surface area contributed by atoms with Gasteiger partial charge in [0.15, 0.2) is 0 Å². The highest BCUT2D eigenvalue weighted by Crippen LogP contribution is 2.25. The SMILES string of the molecule is CCCn1cc(C(=O)N2CCN(CC(C)C)CC2)c(S(=O)(=O)N2CCN(c3cccc(Cl)c3)CC2)n1. The van der Waals surface area contributed by atoms with Crippen molar-refractivity contribution in [1.82, 2.24) is 23.9 Å². The van der Waals surface area contributed by atoms with E-state index in [0.29, 0.717) is 56.8 Å². The van der Waals surface area contributed by atoms with Crippen LogP contribution < -0.4 is 4.90 Å². The molecule has 2 aromatic rings. The zero-order valence-corrected chi connectivity index (χ0v) is 23.0. The maximum Gasteiger partial charge on any atom is 0.263 e. The molecule has 2 aliphatic heterocycles. The predicted molar refractivity (Wildman–Crippen MR) is 142 cm³/mol. The van der Waals surface area contributed by atoms with Gasteiger partial charge in [-0.1, -0.05) is 38.4 Å². The van der Waals surface area contributed by atoms with Gasteiger partial charge in [-0.2, -0.15) is 9.40 Å². The molecule has 198 valence electrons. The monoisotopic (exact) mass is 536 g/mol. The highest BCUT2D eigenvalue weighted by Gasteiger charge is 2.36. The number of rotatable bonds is 8. The zero-order valence-electron chi connectivity index (χ0n) is 21.4. The number of piperazine rings is 2. The van der Waals surface area contributed by atoms with Gasteiger partial charge < -0.3 is 9.80 Å². The first-order valence-electron chi connectivity index (χ1n) is 12.8. The summed E-state index contributed by atoms with van der Waals surface area (Å²) >= 11 is 6.13. The molecule has 0 N–H and O–H groups in total. The zero-order chi connectivity index (χ0) is 25.9. The Hall–Kier alpha value is -2.14. The lowest BCUT2D eigenvalue weighted by Gasteiger charge is -2.36. The molecule has 2 fully saturated rings. The molecule has 2 saturated heterocycles. The van der Waals surface area contributed by atoms with E-state index in [9.17, 15) is 13.2 Å². The Labute approximate surface area is 219 Å². The van der Waals surface area contributed by atoms with Crippen molar-refractivity contribution in [3.63, 3.8) is 0 Å². The van der Waals surface area contributed by atoms with Gasteiger partial charge in [-0.05, 0) is 30.5 Å². The summed E-state index contributed by atoms with van der Waals surface area (Å²) in [5.74, 6) is 0.313. The number of hydrogen-bond donors (Lipinski definition) is 0. The summed E-state index contributed by atoms with van der Waals surface area (Å²) in [4.78, 5) is 19.8. The van der Waals surface area contributed by atoms with E-state index in [4.69, 9.17) is 11.6 Å². The third kappa shape index (κ3) is 6.04. The van der Waals surface area contributed by atoms with Crippen molar-refractivity contribution in [2.24, 2.45) is 5.92 Å². The van der Waals surface area contributed by atoms with Crippen molar-refractivity contribution >= 4 is 33.2 Å². The topological polar surface area (TPSA) is 82.0 Å². The third-order valence-electron chi connectivity index (χ3n) is 6.69. The average molecular weight is 537 g/mol. The quantitative estimate of drug-likeness (QED) is 0.516. The third-order valence-corrected chi connectivity index (χ3v) is 8.76. The number of carbonyl (C=O) groups is 1. The molecule has 2 aliphatic rings. The number of aromatic nitrogens is 2. The van der Waals surface area contributed by atoms with Gasteiger partial charge in [0.1, 0.15) is 0 Å².